The van der Waals surface area contributed by atoms with Crippen molar-refractivity contribution in [1.82, 2.24) is 4.72 Å². The summed E-state index contributed by atoms with van der Waals surface area (Å²) in [6, 6.07) is 5.15. The van der Waals surface area contributed by atoms with E-state index in [1.807, 2.05) is 11.8 Å². The van der Waals surface area contributed by atoms with Crippen molar-refractivity contribution in [3.05, 3.63) is 28.2 Å². The van der Waals surface area contributed by atoms with Crippen molar-refractivity contribution in [2.24, 2.45) is 5.73 Å². The quantitative estimate of drug-likeness (QED) is 0.857. The van der Waals surface area contributed by atoms with E-state index in [4.69, 9.17) is 5.73 Å². The average molecular weight is 365 g/mol. The van der Waals surface area contributed by atoms with Crippen LogP contribution in [-0.2, 0) is 16.6 Å². The zero-order chi connectivity index (χ0) is 13.9. The fourth-order valence-corrected chi connectivity index (χ4v) is 5.52. The number of nitrogens with one attached hydrogen (secondary N) is 1. The van der Waals surface area contributed by atoms with E-state index in [-0.39, 0.29) is 10.9 Å². The lowest BCUT2D eigenvalue weighted by Crippen LogP contribution is -2.37. The lowest BCUT2D eigenvalue weighted by molar-refractivity contribution is 0.528. The second-order valence-electron chi connectivity index (χ2n) is 4.48. The van der Waals surface area contributed by atoms with Crippen LogP contribution in [0.15, 0.2) is 27.6 Å². The zero-order valence-electron chi connectivity index (χ0n) is 10.4. The Morgan fingerprint density at radius 3 is 2.63 bits per heavy atom. The minimum atomic E-state index is -3.46. The van der Waals surface area contributed by atoms with Gasteiger partial charge in [-0.15, -0.1) is 0 Å². The molecule has 106 valence electrons. The number of halogens is 1. The largest absolute Gasteiger partial charge is 0.326 e. The van der Waals surface area contributed by atoms with Crippen molar-refractivity contribution < 1.29 is 8.42 Å². The molecule has 0 atom stereocenters. The number of hydrogen-bond donors (Lipinski definition) is 2. The molecule has 1 fully saturated rings. The molecular weight excluding hydrogens is 348 g/mol. The van der Waals surface area contributed by atoms with Crippen molar-refractivity contribution >= 4 is 37.7 Å². The van der Waals surface area contributed by atoms with Crippen LogP contribution in [0.25, 0.3) is 0 Å². The van der Waals surface area contributed by atoms with E-state index in [0.717, 1.165) is 29.9 Å². The molecule has 1 aliphatic heterocycles. The SMILES string of the molecule is NCc1ccc(S(=O)(=O)NC2CCSCC2)c(Br)c1. The Kier molecular flexibility index (Phi) is 5.30. The molecule has 2 rings (SSSR count). The van der Waals surface area contributed by atoms with Gasteiger partial charge in [-0.05, 0) is 58.0 Å². The molecule has 1 aliphatic rings. The molecule has 1 heterocycles. The molecule has 1 saturated heterocycles. The van der Waals surface area contributed by atoms with Gasteiger partial charge in [0, 0.05) is 17.1 Å². The molecule has 0 amide bonds. The Hall–Kier alpha value is -0.0800. The molecule has 0 spiro atoms. The summed E-state index contributed by atoms with van der Waals surface area (Å²) in [6.45, 7) is 0.395. The summed E-state index contributed by atoms with van der Waals surface area (Å²) in [6.07, 6.45) is 1.78. The molecule has 7 heteroatoms. The van der Waals surface area contributed by atoms with Gasteiger partial charge in [-0.2, -0.15) is 11.8 Å². The van der Waals surface area contributed by atoms with Gasteiger partial charge in [-0.25, -0.2) is 13.1 Å². The van der Waals surface area contributed by atoms with Crippen LogP contribution in [0.4, 0.5) is 0 Å². The Balaban J connectivity index is 2.18. The van der Waals surface area contributed by atoms with Crippen molar-refractivity contribution in [3.8, 4) is 0 Å². The molecule has 0 bridgehead atoms. The molecule has 0 aromatic heterocycles. The second kappa shape index (κ2) is 6.58. The number of hydrogen-bond acceptors (Lipinski definition) is 4. The third-order valence-electron chi connectivity index (χ3n) is 3.06. The molecule has 1 aromatic rings. The Morgan fingerprint density at radius 2 is 2.05 bits per heavy atom. The highest BCUT2D eigenvalue weighted by Gasteiger charge is 2.23. The highest BCUT2D eigenvalue weighted by atomic mass is 79.9. The fourth-order valence-electron chi connectivity index (χ4n) is 1.99. The Morgan fingerprint density at radius 1 is 1.37 bits per heavy atom. The molecule has 19 heavy (non-hydrogen) atoms. The second-order valence-corrected chi connectivity index (χ2v) is 8.24. The molecular formula is C12H17BrN2O2S2. The third-order valence-corrected chi connectivity index (χ3v) is 6.61. The first-order valence-corrected chi connectivity index (χ1v) is 9.54. The standard InChI is InChI=1S/C12H17BrN2O2S2/c13-11-7-9(8-14)1-2-12(11)19(16,17)15-10-3-5-18-6-4-10/h1-2,7,10,15H,3-6,8,14H2. The minimum Gasteiger partial charge on any atom is -0.326 e. The maximum Gasteiger partial charge on any atom is 0.241 e. The summed E-state index contributed by atoms with van der Waals surface area (Å²) < 4.78 is 28.0. The highest BCUT2D eigenvalue weighted by molar-refractivity contribution is 9.10. The van der Waals surface area contributed by atoms with Gasteiger partial charge in [0.2, 0.25) is 10.0 Å². The predicted molar refractivity (Wildman–Crippen MR) is 82.7 cm³/mol. The average Bonchev–Trinajstić information content (AvgIpc) is 2.38. The van der Waals surface area contributed by atoms with E-state index in [1.54, 1.807) is 18.2 Å². The summed E-state index contributed by atoms with van der Waals surface area (Å²) in [5.74, 6) is 2.03. The van der Waals surface area contributed by atoms with Crippen LogP contribution in [0.2, 0.25) is 0 Å². The molecule has 3 N–H and O–H groups in total. The first-order valence-electron chi connectivity index (χ1n) is 6.11. The summed E-state index contributed by atoms with van der Waals surface area (Å²) >= 11 is 5.18. The lowest BCUT2D eigenvalue weighted by atomic mass is 10.2. The number of nitrogens with two attached hydrogens (primary N) is 1. The predicted octanol–water partition coefficient (Wildman–Crippen LogP) is 2.08. The van der Waals surface area contributed by atoms with Crippen molar-refractivity contribution in [3.63, 3.8) is 0 Å². The van der Waals surface area contributed by atoms with Gasteiger partial charge >= 0.3 is 0 Å². The normalized spacial score (nSPS) is 17.6. The van der Waals surface area contributed by atoms with Gasteiger partial charge in [0.25, 0.3) is 0 Å². The first kappa shape index (κ1) is 15.3. The summed E-state index contributed by atoms with van der Waals surface area (Å²) in [4.78, 5) is 0.280. The monoisotopic (exact) mass is 364 g/mol. The number of sulfonamides is 1. The Bertz CT molecular complexity index is 543. The van der Waals surface area contributed by atoms with E-state index in [0.29, 0.717) is 11.0 Å². The molecule has 4 nitrogen and oxygen atoms in total. The van der Waals surface area contributed by atoms with Gasteiger partial charge in [-0.3, -0.25) is 0 Å². The van der Waals surface area contributed by atoms with Gasteiger partial charge in [0.05, 0.1) is 4.90 Å². The summed E-state index contributed by atoms with van der Waals surface area (Å²) in [5.41, 5.74) is 6.44. The first-order chi connectivity index (χ1) is 9.03. The van der Waals surface area contributed by atoms with Crippen molar-refractivity contribution in [2.45, 2.75) is 30.3 Å². The van der Waals surface area contributed by atoms with E-state index in [2.05, 4.69) is 20.7 Å². The Labute approximate surface area is 126 Å². The molecule has 0 saturated carbocycles. The topological polar surface area (TPSA) is 72.2 Å². The van der Waals surface area contributed by atoms with Crippen LogP contribution in [0.5, 0.6) is 0 Å². The van der Waals surface area contributed by atoms with Crippen LogP contribution in [0.1, 0.15) is 18.4 Å². The van der Waals surface area contributed by atoms with Crippen molar-refractivity contribution in [1.29, 1.82) is 0 Å². The van der Waals surface area contributed by atoms with E-state index in [9.17, 15) is 8.42 Å². The van der Waals surface area contributed by atoms with Gasteiger partial charge in [-0.1, -0.05) is 6.07 Å². The number of thioether (sulfide) groups is 1. The molecule has 1 aromatic carbocycles. The number of benzene rings is 1. The maximum atomic E-state index is 12.3. The zero-order valence-corrected chi connectivity index (χ0v) is 13.7. The van der Waals surface area contributed by atoms with Crippen LogP contribution >= 0.6 is 27.7 Å². The molecule has 0 radical (unpaired) electrons. The van der Waals surface area contributed by atoms with Crippen LogP contribution < -0.4 is 10.5 Å². The van der Waals surface area contributed by atoms with Gasteiger partial charge in [0.1, 0.15) is 0 Å². The van der Waals surface area contributed by atoms with Gasteiger partial charge in [0.15, 0.2) is 0 Å². The number of rotatable bonds is 4. The molecule has 0 unspecified atom stereocenters. The van der Waals surface area contributed by atoms with Crippen LogP contribution in [-0.4, -0.2) is 26.0 Å². The summed E-state index contributed by atoms with van der Waals surface area (Å²) in [5, 5.41) is 0. The fraction of sp³-hybridized carbons (Fsp3) is 0.500. The van der Waals surface area contributed by atoms with Crippen LogP contribution in [0.3, 0.4) is 0 Å². The minimum absolute atomic E-state index is 0.0485. The van der Waals surface area contributed by atoms with Crippen molar-refractivity contribution in [2.75, 3.05) is 11.5 Å². The maximum absolute atomic E-state index is 12.3. The van der Waals surface area contributed by atoms with Gasteiger partial charge < -0.3 is 5.73 Å². The van der Waals surface area contributed by atoms with E-state index < -0.39 is 10.0 Å². The summed E-state index contributed by atoms with van der Waals surface area (Å²) in [7, 11) is -3.46. The third kappa shape index (κ3) is 3.95. The van der Waals surface area contributed by atoms with Crippen LogP contribution in [0, 0.1) is 0 Å². The van der Waals surface area contributed by atoms with E-state index in [1.165, 1.54) is 0 Å². The smallest absolute Gasteiger partial charge is 0.241 e. The highest BCUT2D eigenvalue weighted by Crippen LogP contribution is 2.25. The van der Waals surface area contributed by atoms with E-state index >= 15 is 0 Å². The lowest BCUT2D eigenvalue weighted by Gasteiger charge is -2.22. The molecule has 0 aliphatic carbocycles.